The predicted octanol–water partition coefficient (Wildman–Crippen LogP) is 0.253. The minimum Gasteiger partial charge on any atom is -0.832 e. The van der Waals surface area contributed by atoms with Crippen molar-refractivity contribution in [1.82, 2.24) is 0 Å². The highest BCUT2D eigenvalue weighted by Crippen LogP contribution is 2.54. The fourth-order valence-corrected chi connectivity index (χ4v) is 1.41. The van der Waals surface area contributed by atoms with Crippen LogP contribution in [0.15, 0.2) is 12.2 Å². The van der Waals surface area contributed by atoms with E-state index in [0.717, 1.165) is 0 Å². The highest BCUT2D eigenvalue weighted by Gasteiger charge is 2.77. The SMILES string of the molecule is [O-]B1OC2(F)C=CC(F)C(F)(F)C2(F)O1. The lowest BCUT2D eigenvalue weighted by Crippen LogP contribution is -2.62. The molecule has 2 aliphatic rings. The summed E-state index contributed by atoms with van der Waals surface area (Å²) in [5, 5.41) is 10.5. The Labute approximate surface area is 80.6 Å². The van der Waals surface area contributed by atoms with Crippen LogP contribution in [0.2, 0.25) is 0 Å². The monoisotopic (exact) mass is 229 g/mol. The zero-order valence-electron chi connectivity index (χ0n) is 6.92. The Hall–Kier alpha value is -0.665. The second kappa shape index (κ2) is 2.72. The van der Waals surface area contributed by atoms with Gasteiger partial charge in [-0.3, -0.25) is 0 Å². The minimum absolute atomic E-state index is 0.0764. The number of hydrogen-bond acceptors (Lipinski definition) is 3. The molecule has 1 aliphatic carbocycles. The first kappa shape index (κ1) is 10.8. The molecule has 2 rings (SSSR count). The van der Waals surface area contributed by atoms with Gasteiger partial charge in [0.05, 0.1) is 0 Å². The summed E-state index contributed by atoms with van der Waals surface area (Å²) in [4.78, 5) is 0. The second-order valence-corrected chi connectivity index (χ2v) is 3.15. The van der Waals surface area contributed by atoms with Crippen LogP contribution in [0.5, 0.6) is 0 Å². The maximum Gasteiger partial charge on any atom is 0.352 e. The highest BCUT2D eigenvalue weighted by molar-refractivity contribution is 6.33. The fraction of sp³-hybridized carbons (Fsp3) is 0.667. The standard InChI is InChI=1S/C6H3BF5O3/c8-3-1-2-4(9)6(12,5(3,10)11)15-7(13)14-4/h1-3H/q-1. The third-order valence-electron chi connectivity index (χ3n) is 2.22. The zero-order chi connectivity index (χ0) is 11.5. The Morgan fingerprint density at radius 2 is 1.80 bits per heavy atom. The number of allylic oxidation sites excluding steroid dienone is 1. The van der Waals surface area contributed by atoms with Crippen LogP contribution in [0.4, 0.5) is 22.0 Å². The Morgan fingerprint density at radius 1 is 1.20 bits per heavy atom. The van der Waals surface area contributed by atoms with Gasteiger partial charge < -0.3 is 14.3 Å². The Balaban J connectivity index is 2.52. The lowest BCUT2D eigenvalue weighted by Gasteiger charge is -2.39. The van der Waals surface area contributed by atoms with E-state index >= 15 is 0 Å². The average molecular weight is 229 g/mol. The van der Waals surface area contributed by atoms with Gasteiger partial charge in [-0.2, -0.15) is 13.2 Å². The first-order valence-electron chi connectivity index (χ1n) is 3.83. The summed E-state index contributed by atoms with van der Waals surface area (Å²) in [6.07, 6.45) is -2.92. The Bertz CT molecular complexity index is 326. The number of rotatable bonds is 0. The third-order valence-corrected chi connectivity index (χ3v) is 2.22. The quantitative estimate of drug-likeness (QED) is 0.339. The molecule has 3 nitrogen and oxygen atoms in total. The molecule has 0 aromatic rings. The summed E-state index contributed by atoms with van der Waals surface area (Å²) < 4.78 is 72.6. The maximum absolute atomic E-state index is 13.5. The Morgan fingerprint density at radius 3 is 2.40 bits per heavy atom. The van der Waals surface area contributed by atoms with Crippen LogP contribution in [0.3, 0.4) is 0 Å². The number of hydrogen-bond donors (Lipinski definition) is 0. The van der Waals surface area contributed by atoms with Crippen molar-refractivity contribution >= 4 is 7.32 Å². The number of halogens is 5. The average Bonchev–Trinajstić information content (AvgIpc) is 2.34. The predicted molar refractivity (Wildman–Crippen MR) is 34.6 cm³/mol. The van der Waals surface area contributed by atoms with Gasteiger partial charge in [0.2, 0.25) is 0 Å². The van der Waals surface area contributed by atoms with Crippen LogP contribution in [-0.4, -0.2) is 31.1 Å². The van der Waals surface area contributed by atoms with Crippen molar-refractivity contribution < 1.29 is 36.3 Å². The summed E-state index contributed by atoms with van der Waals surface area (Å²) in [5.74, 6) is -13.0. The fourth-order valence-electron chi connectivity index (χ4n) is 1.41. The van der Waals surface area contributed by atoms with E-state index < -0.39 is 31.1 Å². The molecule has 0 bridgehead atoms. The van der Waals surface area contributed by atoms with Crippen LogP contribution in [0.1, 0.15) is 0 Å². The van der Waals surface area contributed by atoms with E-state index in [9.17, 15) is 27.0 Å². The van der Waals surface area contributed by atoms with Crippen LogP contribution < -0.4 is 5.02 Å². The molecule has 1 saturated heterocycles. The molecular weight excluding hydrogens is 226 g/mol. The van der Waals surface area contributed by atoms with Gasteiger partial charge in [-0.1, -0.05) is 0 Å². The smallest absolute Gasteiger partial charge is 0.352 e. The maximum atomic E-state index is 13.5. The normalized spacial score (nSPS) is 48.1. The van der Waals surface area contributed by atoms with Gasteiger partial charge in [-0.05, 0) is 12.2 Å². The van der Waals surface area contributed by atoms with Crippen molar-refractivity contribution in [1.29, 1.82) is 0 Å². The van der Waals surface area contributed by atoms with E-state index in [4.69, 9.17) is 0 Å². The first-order valence-corrected chi connectivity index (χ1v) is 3.83. The van der Waals surface area contributed by atoms with Gasteiger partial charge in [-0.25, -0.2) is 8.78 Å². The molecule has 0 radical (unpaired) electrons. The molecule has 1 aliphatic heterocycles. The van der Waals surface area contributed by atoms with E-state index in [1.54, 1.807) is 0 Å². The van der Waals surface area contributed by atoms with Gasteiger partial charge >= 0.3 is 19.1 Å². The van der Waals surface area contributed by atoms with Crippen molar-refractivity contribution in [2.45, 2.75) is 23.8 Å². The second-order valence-electron chi connectivity index (χ2n) is 3.15. The van der Waals surface area contributed by atoms with Gasteiger partial charge in [-0.15, -0.1) is 0 Å². The molecule has 0 aromatic carbocycles. The molecule has 15 heavy (non-hydrogen) atoms. The molecule has 3 atom stereocenters. The van der Waals surface area contributed by atoms with Crippen molar-refractivity contribution in [2.24, 2.45) is 0 Å². The van der Waals surface area contributed by atoms with E-state index in [0.29, 0.717) is 0 Å². The molecule has 0 N–H and O–H groups in total. The molecule has 0 amide bonds. The summed E-state index contributed by atoms with van der Waals surface area (Å²) in [5.41, 5.74) is 0. The number of alkyl halides is 5. The molecular formula is C6H3BF5O3-. The summed E-state index contributed by atoms with van der Waals surface area (Å²) in [6.45, 7) is 0. The lowest BCUT2D eigenvalue weighted by molar-refractivity contribution is -0.320. The molecule has 9 heteroatoms. The van der Waals surface area contributed by atoms with Crippen molar-refractivity contribution in [2.75, 3.05) is 0 Å². The van der Waals surface area contributed by atoms with Crippen LogP contribution in [0, 0.1) is 0 Å². The van der Waals surface area contributed by atoms with E-state index in [-0.39, 0.29) is 12.2 Å². The molecule has 1 fully saturated rings. The van der Waals surface area contributed by atoms with Crippen LogP contribution in [-0.2, 0) is 9.31 Å². The van der Waals surface area contributed by atoms with Crippen molar-refractivity contribution in [3.8, 4) is 0 Å². The Kier molecular flexibility index (Phi) is 1.96. The van der Waals surface area contributed by atoms with Crippen LogP contribution >= 0.6 is 0 Å². The van der Waals surface area contributed by atoms with Crippen molar-refractivity contribution in [3.63, 3.8) is 0 Å². The number of fused-ring (bicyclic) bond motifs is 1. The van der Waals surface area contributed by atoms with Crippen molar-refractivity contribution in [3.05, 3.63) is 12.2 Å². The lowest BCUT2D eigenvalue weighted by atomic mass is 9.92. The van der Waals surface area contributed by atoms with Gasteiger partial charge in [0.15, 0.2) is 6.17 Å². The summed E-state index contributed by atoms with van der Waals surface area (Å²) >= 11 is 0. The largest absolute Gasteiger partial charge is 0.832 e. The van der Waals surface area contributed by atoms with Gasteiger partial charge in [0.25, 0.3) is 5.85 Å². The van der Waals surface area contributed by atoms with E-state index in [2.05, 4.69) is 9.31 Å². The molecule has 1 heterocycles. The third kappa shape index (κ3) is 1.11. The van der Waals surface area contributed by atoms with E-state index in [1.807, 2.05) is 0 Å². The van der Waals surface area contributed by atoms with E-state index in [1.165, 1.54) is 0 Å². The molecule has 0 aromatic heterocycles. The molecule has 3 unspecified atom stereocenters. The van der Waals surface area contributed by atoms with Crippen LogP contribution in [0.25, 0.3) is 0 Å². The summed E-state index contributed by atoms with van der Waals surface area (Å²) in [7, 11) is -2.76. The minimum atomic E-state index is -4.82. The molecule has 0 saturated carbocycles. The van der Waals surface area contributed by atoms with Gasteiger partial charge in [0.1, 0.15) is 0 Å². The molecule has 0 spiro atoms. The molecule has 84 valence electrons. The highest BCUT2D eigenvalue weighted by atomic mass is 19.3. The zero-order valence-corrected chi connectivity index (χ0v) is 6.92. The topological polar surface area (TPSA) is 41.5 Å². The first-order chi connectivity index (χ1) is 6.73. The summed E-state index contributed by atoms with van der Waals surface area (Å²) in [6, 6.07) is 0. The van der Waals surface area contributed by atoms with Gasteiger partial charge in [0, 0.05) is 0 Å².